The van der Waals surface area contributed by atoms with Crippen LogP contribution in [0.3, 0.4) is 0 Å². The highest BCUT2D eigenvalue weighted by atomic mass is 19.4. The van der Waals surface area contributed by atoms with Gasteiger partial charge in [-0.25, -0.2) is 0 Å². The molecule has 1 unspecified atom stereocenters. The van der Waals surface area contributed by atoms with Gasteiger partial charge in [0, 0.05) is 0 Å². The molecule has 0 rings (SSSR count). The number of rotatable bonds is 6. The van der Waals surface area contributed by atoms with Crippen LogP contribution in [0.1, 0.15) is 47.5 Å². The minimum atomic E-state index is -4.59. The standard InChI is InChI=1S/C14H23F3O4/c1-9(14(15,16)17)21-11(19)13(4,5)8-7-12(2,3)10(18)20-6/h9H,7-8H2,1-6H3. The van der Waals surface area contributed by atoms with Gasteiger partial charge in [-0.15, -0.1) is 0 Å². The van der Waals surface area contributed by atoms with Crippen LogP contribution in [-0.2, 0) is 19.1 Å². The molecule has 0 aromatic heterocycles. The van der Waals surface area contributed by atoms with Crippen molar-refractivity contribution in [3.8, 4) is 0 Å². The number of esters is 2. The van der Waals surface area contributed by atoms with Gasteiger partial charge in [0.05, 0.1) is 17.9 Å². The van der Waals surface area contributed by atoms with Gasteiger partial charge in [0.2, 0.25) is 0 Å². The fourth-order valence-corrected chi connectivity index (χ4v) is 1.49. The number of hydrogen-bond donors (Lipinski definition) is 0. The molecule has 0 saturated heterocycles. The third-order valence-corrected chi connectivity index (χ3v) is 3.41. The van der Waals surface area contributed by atoms with Crippen molar-refractivity contribution >= 4 is 11.9 Å². The van der Waals surface area contributed by atoms with Crippen molar-refractivity contribution in [1.29, 1.82) is 0 Å². The van der Waals surface area contributed by atoms with Crippen LogP contribution in [-0.4, -0.2) is 31.3 Å². The first-order chi connectivity index (χ1) is 9.24. The second kappa shape index (κ2) is 6.66. The molecule has 0 aliphatic carbocycles. The molecule has 0 aromatic rings. The molecule has 0 aliphatic rings. The molecule has 124 valence electrons. The Morgan fingerprint density at radius 3 is 1.67 bits per heavy atom. The number of carbonyl (C=O) groups is 2. The molecule has 0 aromatic carbocycles. The molecule has 1 atom stereocenters. The number of carbonyl (C=O) groups excluding carboxylic acids is 2. The maximum Gasteiger partial charge on any atom is 0.425 e. The summed E-state index contributed by atoms with van der Waals surface area (Å²) in [5.74, 6) is -1.37. The molecule has 0 aliphatic heterocycles. The van der Waals surface area contributed by atoms with E-state index in [0.29, 0.717) is 6.42 Å². The van der Waals surface area contributed by atoms with E-state index in [1.807, 2.05) is 0 Å². The van der Waals surface area contributed by atoms with Gasteiger partial charge in [0.25, 0.3) is 0 Å². The number of ether oxygens (including phenoxy) is 2. The van der Waals surface area contributed by atoms with E-state index >= 15 is 0 Å². The molecule has 0 saturated carbocycles. The van der Waals surface area contributed by atoms with Crippen LogP contribution in [0, 0.1) is 10.8 Å². The molecular weight excluding hydrogens is 289 g/mol. The summed E-state index contributed by atoms with van der Waals surface area (Å²) in [6, 6.07) is 0. The zero-order chi connectivity index (χ0) is 17.1. The van der Waals surface area contributed by atoms with Gasteiger partial charge in [-0.1, -0.05) is 0 Å². The lowest BCUT2D eigenvalue weighted by Gasteiger charge is -2.29. The van der Waals surface area contributed by atoms with Crippen LogP contribution in [0.15, 0.2) is 0 Å². The van der Waals surface area contributed by atoms with Crippen LogP contribution >= 0.6 is 0 Å². The van der Waals surface area contributed by atoms with Crippen molar-refractivity contribution in [2.24, 2.45) is 10.8 Å². The summed E-state index contributed by atoms with van der Waals surface area (Å²) in [6.07, 6.45) is -6.24. The van der Waals surface area contributed by atoms with Gasteiger partial charge in [-0.3, -0.25) is 9.59 Å². The minimum absolute atomic E-state index is 0.207. The first-order valence-electron chi connectivity index (χ1n) is 6.60. The Kier molecular flexibility index (Phi) is 6.26. The maximum atomic E-state index is 12.4. The zero-order valence-corrected chi connectivity index (χ0v) is 13.3. The monoisotopic (exact) mass is 312 g/mol. The van der Waals surface area contributed by atoms with E-state index in [2.05, 4.69) is 9.47 Å². The number of methoxy groups -OCH3 is 1. The van der Waals surface area contributed by atoms with Crippen LogP contribution in [0.25, 0.3) is 0 Å². The summed E-state index contributed by atoms with van der Waals surface area (Å²) in [6.45, 7) is 7.07. The lowest BCUT2D eigenvalue weighted by Crippen LogP contribution is -2.37. The van der Waals surface area contributed by atoms with Gasteiger partial charge in [-0.05, 0) is 47.5 Å². The van der Waals surface area contributed by atoms with E-state index in [-0.39, 0.29) is 6.42 Å². The molecule has 0 heterocycles. The number of hydrogen-bond acceptors (Lipinski definition) is 4. The second-order valence-corrected chi connectivity index (χ2v) is 6.35. The van der Waals surface area contributed by atoms with Crippen LogP contribution in [0.2, 0.25) is 0 Å². The summed E-state index contributed by atoms with van der Waals surface area (Å²) in [7, 11) is 1.26. The summed E-state index contributed by atoms with van der Waals surface area (Å²) >= 11 is 0. The Balaban J connectivity index is 4.69. The average molecular weight is 312 g/mol. The first-order valence-corrected chi connectivity index (χ1v) is 6.60. The Bertz CT molecular complexity index is 386. The van der Waals surface area contributed by atoms with E-state index < -0.39 is 35.0 Å². The Morgan fingerprint density at radius 2 is 1.33 bits per heavy atom. The smallest absolute Gasteiger partial charge is 0.425 e. The molecule has 0 N–H and O–H groups in total. The summed E-state index contributed by atoms with van der Waals surface area (Å²) in [4.78, 5) is 23.4. The van der Waals surface area contributed by atoms with Crippen molar-refractivity contribution in [1.82, 2.24) is 0 Å². The van der Waals surface area contributed by atoms with E-state index in [1.54, 1.807) is 13.8 Å². The largest absolute Gasteiger partial charge is 0.469 e. The SMILES string of the molecule is COC(=O)C(C)(C)CCC(C)(C)C(=O)OC(C)C(F)(F)F. The quantitative estimate of drug-likeness (QED) is 0.705. The lowest BCUT2D eigenvalue weighted by molar-refractivity contribution is -0.221. The summed E-state index contributed by atoms with van der Waals surface area (Å²) < 4.78 is 46.3. The molecule has 0 bridgehead atoms. The fraction of sp³-hybridized carbons (Fsp3) is 0.857. The minimum Gasteiger partial charge on any atom is -0.469 e. The Morgan fingerprint density at radius 1 is 0.952 bits per heavy atom. The Labute approximate surface area is 123 Å². The average Bonchev–Trinajstić information content (AvgIpc) is 2.34. The van der Waals surface area contributed by atoms with Crippen LogP contribution in [0.4, 0.5) is 13.2 Å². The van der Waals surface area contributed by atoms with Gasteiger partial charge in [0.1, 0.15) is 0 Å². The highest BCUT2D eigenvalue weighted by molar-refractivity contribution is 5.77. The summed E-state index contributed by atoms with van der Waals surface area (Å²) in [5, 5.41) is 0. The molecule has 7 heteroatoms. The second-order valence-electron chi connectivity index (χ2n) is 6.35. The van der Waals surface area contributed by atoms with E-state index in [0.717, 1.165) is 6.92 Å². The van der Waals surface area contributed by atoms with Crippen molar-refractivity contribution in [3.05, 3.63) is 0 Å². The topological polar surface area (TPSA) is 52.6 Å². The van der Waals surface area contributed by atoms with Crippen LogP contribution in [0.5, 0.6) is 0 Å². The third kappa shape index (κ3) is 5.93. The lowest BCUT2D eigenvalue weighted by atomic mass is 9.79. The van der Waals surface area contributed by atoms with E-state index in [9.17, 15) is 22.8 Å². The molecule has 4 nitrogen and oxygen atoms in total. The van der Waals surface area contributed by atoms with Gasteiger partial charge in [0.15, 0.2) is 6.10 Å². The van der Waals surface area contributed by atoms with Gasteiger partial charge >= 0.3 is 18.1 Å². The number of halogens is 3. The molecule has 0 amide bonds. The third-order valence-electron chi connectivity index (χ3n) is 3.41. The highest BCUT2D eigenvalue weighted by Crippen LogP contribution is 2.34. The highest BCUT2D eigenvalue weighted by Gasteiger charge is 2.42. The fourth-order valence-electron chi connectivity index (χ4n) is 1.49. The number of alkyl halides is 3. The Hall–Kier alpha value is -1.27. The van der Waals surface area contributed by atoms with Crippen molar-refractivity contribution in [2.45, 2.75) is 59.7 Å². The van der Waals surface area contributed by atoms with Gasteiger partial charge < -0.3 is 9.47 Å². The predicted octanol–water partition coefficient (Wildman–Crippen LogP) is 3.49. The molecule has 0 radical (unpaired) electrons. The normalized spacial score (nSPS) is 14.5. The predicted molar refractivity (Wildman–Crippen MR) is 70.4 cm³/mol. The van der Waals surface area contributed by atoms with E-state index in [1.165, 1.54) is 21.0 Å². The summed E-state index contributed by atoms with van der Waals surface area (Å²) in [5.41, 5.74) is -1.94. The maximum absolute atomic E-state index is 12.4. The van der Waals surface area contributed by atoms with Gasteiger partial charge in [-0.2, -0.15) is 13.2 Å². The van der Waals surface area contributed by atoms with Crippen LogP contribution < -0.4 is 0 Å². The van der Waals surface area contributed by atoms with E-state index in [4.69, 9.17) is 0 Å². The molecule has 0 fully saturated rings. The zero-order valence-electron chi connectivity index (χ0n) is 13.3. The van der Waals surface area contributed by atoms with Crippen molar-refractivity contribution in [3.63, 3.8) is 0 Å². The molecule has 21 heavy (non-hydrogen) atoms. The first kappa shape index (κ1) is 19.7. The van der Waals surface area contributed by atoms with Crippen molar-refractivity contribution in [2.75, 3.05) is 7.11 Å². The molecule has 0 spiro atoms. The molecular formula is C14H23F3O4. The van der Waals surface area contributed by atoms with Crippen molar-refractivity contribution < 1.29 is 32.2 Å².